The first-order valence-electron chi connectivity index (χ1n) is 10.7. The van der Waals surface area contributed by atoms with Gasteiger partial charge in [-0.25, -0.2) is 13.8 Å². The average molecular weight is 462 g/mol. The van der Waals surface area contributed by atoms with Gasteiger partial charge in [0.1, 0.15) is 6.72 Å². The molecule has 0 aliphatic rings. The van der Waals surface area contributed by atoms with Gasteiger partial charge >= 0.3 is 5.91 Å². The highest BCUT2D eigenvalue weighted by Crippen LogP contribution is 2.23. The number of aryl methyl sites for hydroxylation is 2. The maximum absolute atomic E-state index is 13.1. The van der Waals surface area contributed by atoms with E-state index in [1.807, 2.05) is 24.3 Å². The zero-order valence-corrected chi connectivity index (χ0v) is 19.8. The highest BCUT2D eigenvalue weighted by atomic mass is 32.2. The maximum Gasteiger partial charge on any atom is 0.420 e. The van der Waals surface area contributed by atoms with E-state index in [1.54, 1.807) is 36.7 Å². The fraction of sp³-hybridized carbons (Fsp3) is 0.192. The SMILES string of the molecule is C=C(Cc1cccnc1)C(=O)[N+](=C)c1ccc(S(=N)(=O)Nc2cc(CC)cc(CC)c2)cc1. The molecule has 3 aromatic rings. The predicted octanol–water partition coefficient (Wildman–Crippen LogP) is 5.31. The zero-order valence-electron chi connectivity index (χ0n) is 19.0. The van der Waals surface area contributed by atoms with Crippen LogP contribution in [0.2, 0.25) is 0 Å². The number of benzene rings is 2. The summed E-state index contributed by atoms with van der Waals surface area (Å²) in [5.41, 5.74) is 4.71. The molecule has 0 saturated heterocycles. The summed E-state index contributed by atoms with van der Waals surface area (Å²) in [6.45, 7) is 11.8. The van der Waals surface area contributed by atoms with Crippen molar-refractivity contribution in [3.8, 4) is 0 Å². The molecule has 1 atom stereocenters. The van der Waals surface area contributed by atoms with Crippen LogP contribution < -0.4 is 4.72 Å². The molecule has 1 amide bonds. The van der Waals surface area contributed by atoms with E-state index in [2.05, 4.69) is 42.9 Å². The minimum Gasteiger partial charge on any atom is -0.295 e. The number of pyridine rings is 1. The van der Waals surface area contributed by atoms with Crippen LogP contribution in [0, 0.1) is 4.78 Å². The molecule has 0 saturated carbocycles. The monoisotopic (exact) mass is 461 g/mol. The van der Waals surface area contributed by atoms with Crippen LogP contribution in [-0.2, 0) is 34.0 Å². The van der Waals surface area contributed by atoms with Gasteiger partial charge in [0.25, 0.3) is 0 Å². The smallest absolute Gasteiger partial charge is 0.295 e. The van der Waals surface area contributed by atoms with E-state index in [-0.39, 0.29) is 5.91 Å². The second-order valence-corrected chi connectivity index (χ2v) is 9.56. The van der Waals surface area contributed by atoms with E-state index < -0.39 is 9.92 Å². The van der Waals surface area contributed by atoms with Gasteiger partial charge in [0.05, 0.1) is 10.5 Å². The normalized spacial score (nSPS) is 12.5. The van der Waals surface area contributed by atoms with Gasteiger partial charge in [-0.1, -0.05) is 32.6 Å². The summed E-state index contributed by atoms with van der Waals surface area (Å²) in [5, 5.41) is 0. The topological polar surface area (TPSA) is 85.9 Å². The Bertz CT molecular complexity index is 1260. The Balaban J connectivity index is 1.74. The molecule has 1 aromatic heterocycles. The first-order chi connectivity index (χ1) is 15.7. The summed E-state index contributed by atoms with van der Waals surface area (Å²) in [6.07, 6.45) is 5.45. The molecule has 33 heavy (non-hydrogen) atoms. The second-order valence-electron chi connectivity index (χ2n) is 7.77. The molecule has 0 aliphatic heterocycles. The number of nitrogens with one attached hydrogen (secondary N) is 2. The lowest BCUT2D eigenvalue weighted by Crippen LogP contribution is -2.18. The van der Waals surface area contributed by atoms with E-state index in [4.69, 9.17) is 4.78 Å². The van der Waals surface area contributed by atoms with Crippen molar-refractivity contribution in [3.63, 3.8) is 0 Å². The van der Waals surface area contributed by atoms with E-state index >= 15 is 0 Å². The molecule has 0 radical (unpaired) electrons. The molecule has 7 heteroatoms. The Hall–Kier alpha value is -3.58. The number of rotatable bonds is 9. The molecule has 3 rings (SSSR count). The molecule has 0 bridgehead atoms. The lowest BCUT2D eigenvalue weighted by atomic mass is 10.1. The fourth-order valence-corrected chi connectivity index (χ4v) is 4.49. The maximum atomic E-state index is 13.1. The molecule has 1 heterocycles. The number of aromatic nitrogens is 1. The second kappa shape index (κ2) is 10.4. The Morgan fingerprint density at radius 1 is 1.06 bits per heavy atom. The van der Waals surface area contributed by atoms with Crippen LogP contribution in [0.15, 0.2) is 84.0 Å². The quantitative estimate of drug-likeness (QED) is 0.257. The van der Waals surface area contributed by atoms with E-state index in [0.29, 0.717) is 28.3 Å². The number of carbonyl (C=O) groups is 1. The minimum atomic E-state index is -3.28. The lowest BCUT2D eigenvalue weighted by molar-refractivity contribution is -0.353. The zero-order chi connectivity index (χ0) is 24.0. The minimum absolute atomic E-state index is 0.320. The summed E-state index contributed by atoms with van der Waals surface area (Å²) < 4.78 is 25.7. The Morgan fingerprint density at radius 2 is 1.70 bits per heavy atom. The van der Waals surface area contributed by atoms with Gasteiger partial charge in [0, 0.05) is 36.6 Å². The van der Waals surface area contributed by atoms with Gasteiger partial charge in [0.2, 0.25) is 5.69 Å². The number of carbonyl (C=O) groups excluding carboxylic acids is 1. The van der Waals surface area contributed by atoms with E-state index in [9.17, 15) is 9.00 Å². The van der Waals surface area contributed by atoms with Crippen LogP contribution in [-0.4, -0.2) is 26.4 Å². The van der Waals surface area contributed by atoms with Gasteiger partial charge in [-0.3, -0.25) is 9.71 Å². The summed E-state index contributed by atoms with van der Waals surface area (Å²) in [4.78, 5) is 17.1. The third-order valence-electron chi connectivity index (χ3n) is 5.30. The highest BCUT2D eigenvalue weighted by Gasteiger charge is 2.22. The molecule has 0 fully saturated rings. The average Bonchev–Trinajstić information content (AvgIpc) is 2.83. The van der Waals surface area contributed by atoms with Gasteiger partial charge < -0.3 is 0 Å². The van der Waals surface area contributed by atoms with Gasteiger partial charge in [-0.05, 0) is 59.9 Å². The Kier molecular flexibility index (Phi) is 7.55. The molecule has 2 N–H and O–H groups in total. The number of hydrogen-bond acceptors (Lipinski definition) is 4. The van der Waals surface area contributed by atoms with Crippen LogP contribution in [0.5, 0.6) is 0 Å². The molecule has 0 aliphatic carbocycles. The Morgan fingerprint density at radius 3 is 2.24 bits per heavy atom. The van der Waals surface area contributed by atoms with Gasteiger partial charge in [-0.2, -0.15) is 0 Å². The highest BCUT2D eigenvalue weighted by molar-refractivity contribution is 7.93. The lowest BCUT2D eigenvalue weighted by Gasteiger charge is -2.13. The summed E-state index contributed by atoms with van der Waals surface area (Å²) in [5.74, 6) is -0.320. The number of anilines is 1. The molecule has 0 spiro atoms. The fourth-order valence-electron chi connectivity index (χ4n) is 3.41. The predicted molar refractivity (Wildman–Crippen MR) is 134 cm³/mol. The van der Waals surface area contributed by atoms with Crippen LogP contribution in [0.3, 0.4) is 0 Å². The molecule has 6 nitrogen and oxygen atoms in total. The molecule has 1 unspecified atom stereocenters. The van der Waals surface area contributed by atoms with Crippen molar-refractivity contribution in [1.82, 2.24) is 4.98 Å². The third kappa shape index (κ3) is 6.02. The first kappa shape index (κ1) is 24.1. The summed E-state index contributed by atoms with van der Waals surface area (Å²) in [6, 6.07) is 16.1. The standard InChI is InChI=1S/C26H29N4O2S/c1-5-20-15-21(6-2)17-23(16-20)29-33(27,32)25-11-9-24(10-12-25)30(4)26(31)19(3)14-22-8-7-13-28-18-22/h7-13,15-18H,3-6,14H2,1-2H3,(H2,27,29,32)/q+1. The van der Waals surface area contributed by atoms with Gasteiger partial charge in [0.15, 0.2) is 9.92 Å². The number of nitrogens with zero attached hydrogens (tertiary/aromatic N) is 2. The number of amides is 1. The van der Waals surface area contributed by atoms with Crippen molar-refractivity contribution < 1.29 is 13.6 Å². The van der Waals surface area contributed by atoms with E-state index in [1.165, 1.54) is 4.58 Å². The van der Waals surface area contributed by atoms with Crippen LogP contribution in [0.4, 0.5) is 11.4 Å². The van der Waals surface area contributed by atoms with Crippen molar-refractivity contribution in [2.45, 2.75) is 38.0 Å². The van der Waals surface area contributed by atoms with Crippen molar-refractivity contribution in [2.75, 3.05) is 4.72 Å². The van der Waals surface area contributed by atoms with Gasteiger partial charge in [-0.15, -0.1) is 4.58 Å². The molecule has 170 valence electrons. The van der Waals surface area contributed by atoms with Crippen molar-refractivity contribution in [1.29, 1.82) is 4.78 Å². The van der Waals surface area contributed by atoms with Crippen molar-refractivity contribution in [2.24, 2.45) is 0 Å². The van der Waals surface area contributed by atoms with Crippen molar-refractivity contribution in [3.05, 3.63) is 95.8 Å². The first-order valence-corrected chi connectivity index (χ1v) is 12.3. The molecule has 2 aromatic carbocycles. The summed E-state index contributed by atoms with van der Waals surface area (Å²) in [7, 11) is -3.28. The summed E-state index contributed by atoms with van der Waals surface area (Å²) >= 11 is 0. The molecular formula is C26H29N4O2S+. The van der Waals surface area contributed by atoms with Crippen LogP contribution in [0.25, 0.3) is 0 Å². The third-order valence-corrected chi connectivity index (χ3v) is 6.76. The van der Waals surface area contributed by atoms with Crippen molar-refractivity contribution >= 4 is 33.9 Å². The van der Waals surface area contributed by atoms with Crippen LogP contribution >= 0.6 is 0 Å². The van der Waals surface area contributed by atoms with E-state index in [0.717, 1.165) is 29.5 Å². The largest absolute Gasteiger partial charge is 0.420 e. The Labute approximate surface area is 195 Å². The number of hydrogen-bond donors (Lipinski definition) is 2. The molecular weight excluding hydrogens is 432 g/mol. The van der Waals surface area contributed by atoms with Crippen LogP contribution in [0.1, 0.15) is 30.5 Å².